The molecule has 0 aliphatic carbocycles. The van der Waals surface area contributed by atoms with Crippen molar-refractivity contribution in [2.24, 2.45) is 0 Å². The van der Waals surface area contributed by atoms with Gasteiger partial charge in [-0.2, -0.15) is 4.72 Å². The van der Waals surface area contributed by atoms with Gasteiger partial charge in [0.05, 0.1) is 11.5 Å². The van der Waals surface area contributed by atoms with Crippen molar-refractivity contribution in [2.75, 3.05) is 6.61 Å². The Morgan fingerprint density at radius 1 is 1.00 bits per heavy atom. The first-order chi connectivity index (χ1) is 11.4. The third-order valence-electron chi connectivity index (χ3n) is 4.13. The van der Waals surface area contributed by atoms with Crippen LogP contribution in [-0.2, 0) is 14.8 Å². The Bertz CT molecular complexity index is 694. The molecule has 1 unspecified atom stereocenters. The maximum atomic E-state index is 13.0. The molecule has 25 heavy (non-hydrogen) atoms. The Kier molecular flexibility index (Phi) is 7.17. The lowest BCUT2D eigenvalue weighted by Gasteiger charge is -2.23. The maximum Gasteiger partial charge on any atom is 0.324 e. The summed E-state index contributed by atoms with van der Waals surface area (Å²) < 4.78 is 28.0. The summed E-state index contributed by atoms with van der Waals surface area (Å²) in [6, 6.07) is 2.18. The van der Waals surface area contributed by atoms with Crippen LogP contribution >= 0.6 is 0 Å². The fourth-order valence-electron chi connectivity index (χ4n) is 2.61. The van der Waals surface area contributed by atoms with Gasteiger partial charge in [-0.1, -0.05) is 53.7 Å². The Morgan fingerprint density at radius 2 is 1.44 bits per heavy atom. The number of benzene rings is 1. The lowest BCUT2D eigenvalue weighted by molar-refractivity contribution is -0.139. The quantitative estimate of drug-likeness (QED) is 0.652. The number of sulfonamides is 1. The van der Waals surface area contributed by atoms with Crippen molar-refractivity contribution in [2.45, 2.75) is 70.2 Å². The van der Waals surface area contributed by atoms with Crippen molar-refractivity contribution in [3.05, 3.63) is 28.8 Å². The van der Waals surface area contributed by atoms with Crippen LogP contribution in [0.5, 0.6) is 0 Å². The summed E-state index contributed by atoms with van der Waals surface area (Å²) in [5.74, 6) is -1.29. The van der Waals surface area contributed by atoms with Crippen LogP contribution in [0.25, 0.3) is 0 Å². The summed E-state index contributed by atoms with van der Waals surface area (Å²) in [6.07, 6.45) is 0. The van der Waals surface area contributed by atoms with Gasteiger partial charge in [0, 0.05) is 0 Å². The predicted octanol–water partition coefficient (Wildman–Crippen LogP) is 2.78. The van der Waals surface area contributed by atoms with Crippen LogP contribution in [0.1, 0.15) is 76.0 Å². The van der Waals surface area contributed by atoms with Gasteiger partial charge in [0.15, 0.2) is 0 Å². The van der Waals surface area contributed by atoms with Crippen molar-refractivity contribution < 1.29 is 23.4 Å². The summed E-state index contributed by atoms with van der Waals surface area (Å²) >= 11 is 0. The zero-order valence-electron chi connectivity index (χ0n) is 15.7. The molecule has 7 heteroatoms. The average Bonchev–Trinajstić information content (AvgIpc) is 2.50. The zero-order valence-corrected chi connectivity index (χ0v) is 16.5. The van der Waals surface area contributed by atoms with Crippen molar-refractivity contribution >= 4 is 16.0 Å². The Morgan fingerprint density at radius 3 is 1.72 bits per heavy atom. The largest absolute Gasteiger partial charge is 0.480 e. The second-order valence-electron chi connectivity index (χ2n) is 7.19. The average molecular weight is 371 g/mol. The molecule has 1 rings (SSSR count). The van der Waals surface area contributed by atoms with E-state index >= 15 is 0 Å². The minimum absolute atomic E-state index is 0.0554. The van der Waals surface area contributed by atoms with Gasteiger partial charge in [0.1, 0.15) is 6.04 Å². The molecular formula is C18H29NO5S. The molecule has 0 bridgehead atoms. The van der Waals surface area contributed by atoms with E-state index in [0.29, 0.717) is 11.1 Å². The number of carbonyl (C=O) groups is 1. The maximum absolute atomic E-state index is 13.0. The van der Waals surface area contributed by atoms with Crippen molar-refractivity contribution in [1.29, 1.82) is 0 Å². The highest BCUT2D eigenvalue weighted by atomic mass is 32.2. The van der Waals surface area contributed by atoms with Gasteiger partial charge in [0.2, 0.25) is 10.0 Å². The van der Waals surface area contributed by atoms with Crippen LogP contribution in [0, 0.1) is 0 Å². The van der Waals surface area contributed by atoms with Crippen LogP contribution in [0.15, 0.2) is 17.0 Å². The molecule has 0 heterocycles. The number of hydrogen-bond acceptors (Lipinski definition) is 4. The molecule has 1 aromatic rings. The van der Waals surface area contributed by atoms with E-state index in [-0.39, 0.29) is 22.6 Å². The monoisotopic (exact) mass is 371 g/mol. The first kappa shape index (κ1) is 21.6. The third-order valence-corrected chi connectivity index (χ3v) is 5.73. The Hall–Kier alpha value is -1.44. The molecule has 0 fully saturated rings. The number of aliphatic carboxylic acids is 1. The van der Waals surface area contributed by atoms with Crippen molar-refractivity contribution in [3.63, 3.8) is 0 Å². The van der Waals surface area contributed by atoms with Crippen molar-refractivity contribution in [1.82, 2.24) is 4.72 Å². The van der Waals surface area contributed by atoms with E-state index in [1.807, 2.05) is 53.7 Å². The van der Waals surface area contributed by atoms with E-state index in [4.69, 9.17) is 5.11 Å². The molecule has 1 atom stereocenters. The second-order valence-corrected chi connectivity index (χ2v) is 8.84. The molecule has 1 aromatic carbocycles. The summed E-state index contributed by atoms with van der Waals surface area (Å²) in [5.41, 5.74) is 2.36. The third kappa shape index (κ3) is 5.03. The zero-order chi connectivity index (χ0) is 19.5. The van der Waals surface area contributed by atoms with Gasteiger partial charge >= 0.3 is 5.97 Å². The topological polar surface area (TPSA) is 104 Å². The first-order valence-electron chi connectivity index (χ1n) is 8.46. The molecule has 0 spiro atoms. The van der Waals surface area contributed by atoms with Gasteiger partial charge < -0.3 is 10.2 Å². The van der Waals surface area contributed by atoms with E-state index in [2.05, 4.69) is 4.72 Å². The number of nitrogens with one attached hydrogen (secondary N) is 1. The minimum atomic E-state index is -4.10. The lowest BCUT2D eigenvalue weighted by Crippen LogP contribution is -2.43. The van der Waals surface area contributed by atoms with Gasteiger partial charge in [-0.25, -0.2) is 8.42 Å². The summed E-state index contributed by atoms with van der Waals surface area (Å²) in [7, 11) is -4.10. The van der Waals surface area contributed by atoms with Crippen LogP contribution < -0.4 is 4.72 Å². The molecule has 3 N–H and O–H groups in total. The lowest BCUT2D eigenvalue weighted by atomic mass is 9.89. The van der Waals surface area contributed by atoms with Crippen LogP contribution in [-0.4, -0.2) is 37.2 Å². The van der Waals surface area contributed by atoms with Crippen LogP contribution in [0.4, 0.5) is 0 Å². The Balaban J connectivity index is 3.68. The molecule has 0 aliphatic rings. The molecule has 6 nitrogen and oxygen atoms in total. The second kappa shape index (κ2) is 8.29. The molecule has 142 valence electrons. The Labute approximate surface area is 150 Å². The smallest absolute Gasteiger partial charge is 0.324 e. The normalized spacial score (nSPS) is 13.7. The van der Waals surface area contributed by atoms with Crippen LogP contribution in [0.2, 0.25) is 0 Å². The van der Waals surface area contributed by atoms with E-state index in [1.165, 1.54) is 0 Å². The number of hydrogen-bond donors (Lipinski definition) is 3. The van der Waals surface area contributed by atoms with E-state index in [1.54, 1.807) is 0 Å². The van der Waals surface area contributed by atoms with E-state index in [0.717, 1.165) is 5.56 Å². The highest BCUT2D eigenvalue weighted by molar-refractivity contribution is 7.89. The van der Waals surface area contributed by atoms with Gasteiger partial charge in [-0.3, -0.25) is 4.79 Å². The number of rotatable bonds is 8. The number of carboxylic acids is 1. The molecule has 0 aliphatic heterocycles. The first-order valence-corrected chi connectivity index (χ1v) is 9.94. The van der Waals surface area contributed by atoms with Gasteiger partial charge in [0.25, 0.3) is 0 Å². The highest BCUT2D eigenvalue weighted by Gasteiger charge is 2.30. The van der Waals surface area contributed by atoms with Gasteiger partial charge in [-0.15, -0.1) is 0 Å². The minimum Gasteiger partial charge on any atom is -0.480 e. The number of carboxylic acid groups (broad SMARTS) is 1. The fraction of sp³-hybridized carbons (Fsp3) is 0.611. The fourth-order valence-corrected chi connectivity index (χ4v) is 4.49. The highest BCUT2D eigenvalue weighted by Crippen LogP contribution is 2.35. The molecule has 0 radical (unpaired) electrons. The number of aliphatic hydroxyl groups excluding tert-OH is 1. The summed E-state index contributed by atoms with van der Waals surface area (Å²) in [6.45, 7) is 10.9. The SMILES string of the molecule is CC(C)c1cc(C(C)C)c(S(=O)(=O)NC(CO)C(=O)O)c(C(C)C)c1. The van der Waals surface area contributed by atoms with Crippen LogP contribution in [0.3, 0.4) is 0 Å². The van der Waals surface area contributed by atoms with E-state index in [9.17, 15) is 18.3 Å². The summed E-state index contributed by atoms with van der Waals surface area (Å²) in [4.78, 5) is 11.3. The number of aliphatic hydroxyl groups is 1. The molecule has 0 aromatic heterocycles. The standard InChI is InChI=1S/C18H29NO5S/c1-10(2)13-7-14(11(3)4)17(15(8-13)12(5)6)25(23,24)19-16(9-20)18(21)22/h7-8,10-12,16,19-20H,9H2,1-6H3,(H,21,22). The molecular weight excluding hydrogens is 342 g/mol. The van der Waals surface area contributed by atoms with Gasteiger partial charge in [-0.05, 0) is 34.4 Å². The predicted molar refractivity (Wildman–Crippen MR) is 97.5 cm³/mol. The molecule has 0 amide bonds. The molecule has 0 saturated carbocycles. The summed E-state index contributed by atoms with van der Waals surface area (Å²) in [5, 5.41) is 18.2. The van der Waals surface area contributed by atoms with E-state index < -0.39 is 28.6 Å². The van der Waals surface area contributed by atoms with Crippen molar-refractivity contribution in [3.8, 4) is 0 Å². The molecule has 0 saturated heterocycles.